The maximum atomic E-state index is 6.08. The van der Waals surface area contributed by atoms with E-state index < -0.39 is 0 Å². The number of nitrogens with zero attached hydrogens (tertiary/aromatic N) is 4. The van der Waals surface area contributed by atoms with Crippen molar-refractivity contribution >= 4 is 44.1 Å². The summed E-state index contributed by atoms with van der Waals surface area (Å²) in [5.74, 6) is 1.03. The molecule has 0 unspecified atom stereocenters. The zero-order valence-corrected chi connectivity index (χ0v) is 15.4. The minimum absolute atomic E-state index is 0.465. The second-order valence-electron chi connectivity index (χ2n) is 5.93. The van der Waals surface area contributed by atoms with Gasteiger partial charge in [-0.15, -0.1) is 0 Å². The largest absolute Gasteiger partial charge is 0.356 e. The van der Waals surface area contributed by atoms with E-state index in [9.17, 15) is 0 Å². The van der Waals surface area contributed by atoms with Gasteiger partial charge in [-0.3, -0.25) is 4.98 Å². The van der Waals surface area contributed by atoms with Gasteiger partial charge in [0.2, 0.25) is 0 Å². The van der Waals surface area contributed by atoms with Crippen molar-refractivity contribution in [3.05, 3.63) is 46.4 Å². The van der Waals surface area contributed by atoms with Crippen molar-refractivity contribution in [2.24, 2.45) is 0 Å². The van der Waals surface area contributed by atoms with Crippen LogP contribution in [0.1, 0.15) is 19.3 Å². The molecular formula is C18H16BrClN4. The first kappa shape index (κ1) is 15.8. The van der Waals surface area contributed by atoms with Crippen molar-refractivity contribution in [1.82, 2.24) is 15.0 Å². The van der Waals surface area contributed by atoms with Gasteiger partial charge in [0, 0.05) is 48.0 Å². The zero-order valence-electron chi connectivity index (χ0n) is 13.0. The molecule has 0 N–H and O–H groups in total. The molecule has 122 valence electrons. The Balaban J connectivity index is 1.95. The lowest BCUT2D eigenvalue weighted by molar-refractivity contribution is 0.575. The normalized spacial score (nSPS) is 15.0. The van der Waals surface area contributed by atoms with E-state index in [1.165, 1.54) is 19.3 Å². The third-order valence-corrected chi connectivity index (χ3v) is 5.39. The smallest absolute Gasteiger partial charge is 0.137 e. The van der Waals surface area contributed by atoms with Crippen LogP contribution in [0.3, 0.4) is 0 Å². The molecule has 0 aromatic carbocycles. The average Bonchev–Trinajstić information content (AvgIpc) is 2.63. The van der Waals surface area contributed by atoms with Gasteiger partial charge in [0.25, 0.3) is 0 Å². The summed E-state index contributed by atoms with van der Waals surface area (Å²) in [6, 6.07) is 5.82. The molecule has 1 fully saturated rings. The molecule has 1 aliphatic rings. The van der Waals surface area contributed by atoms with Gasteiger partial charge < -0.3 is 4.90 Å². The van der Waals surface area contributed by atoms with E-state index in [1.807, 2.05) is 30.6 Å². The van der Waals surface area contributed by atoms with Crippen LogP contribution in [-0.4, -0.2) is 28.0 Å². The highest BCUT2D eigenvalue weighted by atomic mass is 79.9. The summed E-state index contributed by atoms with van der Waals surface area (Å²) < 4.78 is 0.939. The van der Waals surface area contributed by atoms with Crippen molar-refractivity contribution in [1.29, 1.82) is 0 Å². The third kappa shape index (κ3) is 2.87. The molecule has 0 atom stereocenters. The molecular weight excluding hydrogens is 388 g/mol. The van der Waals surface area contributed by atoms with Gasteiger partial charge in [-0.25, -0.2) is 9.97 Å². The van der Waals surface area contributed by atoms with Crippen LogP contribution in [0.5, 0.6) is 0 Å². The third-order valence-electron chi connectivity index (χ3n) is 4.38. The summed E-state index contributed by atoms with van der Waals surface area (Å²) in [6.45, 7) is 2.09. The predicted molar refractivity (Wildman–Crippen MR) is 102 cm³/mol. The summed E-state index contributed by atoms with van der Waals surface area (Å²) in [5.41, 5.74) is 1.83. The molecule has 0 spiro atoms. The topological polar surface area (TPSA) is 41.9 Å². The van der Waals surface area contributed by atoms with Gasteiger partial charge in [-0.05, 0) is 53.4 Å². The summed E-state index contributed by atoms with van der Waals surface area (Å²) in [7, 11) is 0. The molecule has 6 heteroatoms. The summed E-state index contributed by atoms with van der Waals surface area (Å²) in [4.78, 5) is 15.7. The SMILES string of the molecule is Clc1cc(-c2nc(N3CCCCC3)c3ccncc3c2Br)ccn1. The van der Waals surface area contributed by atoms with Crippen molar-refractivity contribution in [2.45, 2.75) is 19.3 Å². The highest BCUT2D eigenvalue weighted by Gasteiger charge is 2.19. The fraction of sp³-hybridized carbons (Fsp3) is 0.278. The Kier molecular flexibility index (Phi) is 4.37. The molecule has 0 bridgehead atoms. The van der Waals surface area contributed by atoms with Crippen molar-refractivity contribution < 1.29 is 0 Å². The molecule has 24 heavy (non-hydrogen) atoms. The number of halogens is 2. The number of rotatable bonds is 2. The van der Waals surface area contributed by atoms with E-state index >= 15 is 0 Å². The van der Waals surface area contributed by atoms with Crippen molar-refractivity contribution in [2.75, 3.05) is 18.0 Å². The molecule has 1 aliphatic heterocycles. The van der Waals surface area contributed by atoms with Crippen LogP contribution in [0.15, 0.2) is 41.3 Å². The molecule has 1 saturated heterocycles. The van der Waals surface area contributed by atoms with Gasteiger partial charge in [0.15, 0.2) is 0 Å². The summed E-state index contributed by atoms with van der Waals surface area (Å²) in [5, 5.41) is 2.66. The molecule has 3 aromatic heterocycles. The van der Waals surface area contributed by atoms with Crippen LogP contribution in [0.2, 0.25) is 5.15 Å². The molecule has 0 amide bonds. The van der Waals surface area contributed by atoms with E-state index in [0.717, 1.165) is 45.4 Å². The standard InChI is InChI=1S/C18H16BrClN4/c19-16-14-11-21-6-5-13(14)18(24-8-2-1-3-9-24)23-17(16)12-4-7-22-15(20)10-12/h4-7,10-11H,1-3,8-9H2. The molecule has 0 saturated carbocycles. The zero-order chi connectivity index (χ0) is 16.5. The Morgan fingerprint density at radius 2 is 1.88 bits per heavy atom. The summed E-state index contributed by atoms with van der Waals surface area (Å²) >= 11 is 9.79. The molecule has 4 heterocycles. The van der Waals surface area contributed by atoms with Gasteiger partial charge >= 0.3 is 0 Å². The second-order valence-corrected chi connectivity index (χ2v) is 7.11. The van der Waals surface area contributed by atoms with E-state index in [0.29, 0.717) is 5.15 Å². The highest BCUT2D eigenvalue weighted by Crippen LogP contribution is 2.38. The minimum Gasteiger partial charge on any atom is -0.356 e. The minimum atomic E-state index is 0.465. The average molecular weight is 404 g/mol. The number of aromatic nitrogens is 3. The fourth-order valence-electron chi connectivity index (χ4n) is 3.19. The Bertz CT molecular complexity index is 893. The Hall–Kier alpha value is -1.72. The molecule has 0 radical (unpaired) electrons. The van der Waals surface area contributed by atoms with Gasteiger partial charge in [0.05, 0.1) is 10.2 Å². The number of fused-ring (bicyclic) bond motifs is 1. The van der Waals surface area contributed by atoms with Crippen LogP contribution < -0.4 is 4.90 Å². The first-order chi connectivity index (χ1) is 11.7. The number of pyridine rings is 3. The van der Waals surface area contributed by atoms with Crippen LogP contribution in [0, 0.1) is 0 Å². The van der Waals surface area contributed by atoms with E-state index in [2.05, 4.69) is 30.8 Å². The first-order valence-electron chi connectivity index (χ1n) is 8.04. The van der Waals surface area contributed by atoms with Crippen LogP contribution in [-0.2, 0) is 0 Å². The number of hydrogen-bond donors (Lipinski definition) is 0. The van der Waals surface area contributed by atoms with Crippen LogP contribution in [0.4, 0.5) is 5.82 Å². The van der Waals surface area contributed by atoms with Crippen LogP contribution in [0.25, 0.3) is 22.0 Å². The maximum Gasteiger partial charge on any atom is 0.137 e. The maximum absolute atomic E-state index is 6.08. The first-order valence-corrected chi connectivity index (χ1v) is 9.21. The lowest BCUT2D eigenvalue weighted by Gasteiger charge is -2.29. The van der Waals surface area contributed by atoms with Crippen LogP contribution >= 0.6 is 27.5 Å². The van der Waals surface area contributed by atoms with E-state index in [1.54, 1.807) is 6.20 Å². The van der Waals surface area contributed by atoms with Gasteiger partial charge in [0.1, 0.15) is 11.0 Å². The fourth-order valence-corrected chi connectivity index (χ4v) is 4.00. The van der Waals surface area contributed by atoms with Gasteiger partial charge in [-0.2, -0.15) is 0 Å². The molecule has 4 nitrogen and oxygen atoms in total. The quantitative estimate of drug-likeness (QED) is 0.558. The Labute approximate surface area is 154 Å². The molecule has 4 rings (SSSR count). The number of anilines is 1. The lowest BCUT2D eigenvalue weighted by Crippen LogP contribution is -2.30. The molecule has 0 aliphatic carbocycles. The Morgan fingerprint density at radius 3 is 2.67 bits per heavy atom. The lowest BCUT2D eigenvalue weighted by atomic mass is 10.1. The predicted octanol–water partition coefficient (Wildman–Crippen LogP) is 5.10. The highest BCUT2D eigenvalue weighted by molar-refractivity contribution is 9.10. The molecule has 3 aromatic rings. The number of hydrogen-bond acceptors (Lipinski definition) is 4. The van der Waals surface area contributed by atoms with E-state index in [4.69, 9.17) is 16.6 Å². The van der Waals surface area contributed by atoms with Crippen molar-refractivity contribution in [3.63, 3.8) is 0 Å². The Morgan fingerprint density at radius 1 is 1.04 bits per heavy atom. The second kappa shape index (κ2) is 6.65. The van der Waals surface area contributed by atoms with Crippen molar-refractivity contribution in [3.8, 4) is 11.3 Å². The monoisotopic (exact) mass is 402 g/mol. The summed E-state index contributed by atoms with van der Waals surface area (Å²) in [6.07, 6.45) is 9.13. The van der Waals surface area contributed by atoms with E-state index in [-0.39, 0.29) is 0 Å². The number of piperidine rings is 1. The van der Waals surface area contributed by atoms with Gasteiger partial charge in [-0.1, -0.05) is 11.6 Å².